The number of nitrogens with zero attached hydrogens (tertiary/aromatic N) is 2. The third kappa shape index (κ3) is 7.08. The summed E-state index contributed by atoms with van der Waals surface area (Å²) in [6, 6.07) is 0. The van der Waals surface area contributed by atoms with Gasteiger partial charge in [0.1, 0.15) is 0 Å². The Labute approximate surface area is 117 Å². The minimum atomic E-state index is -3.82. The van der Waals surface area contributed by atoms with Gasteiger partial charge in [0.15, 0.2) is 0 Å². The van der Waals surface area contributed by atoms with E-state index in [-0.39, 0.29) is 52.3 Å². The van der Waals surface area contributed by atoms with E-state index in [1.54, 1.807) is 6.20 Å². The van der Waals surface area contributed by atoms with Crippen LogP contribution in [-0.2, 0) is 10.1 Å². The summed E-state index contributed by atoms with van der Waals surface area (Å²) in [4.78, 5) is 3.73. The molecule has 0 aliphatic carbocycles. The van der Waals surface area contributed by atoms with E-state index in [4.69, 9.17) is 4.55 Å². The van der Waals surface area contributed by atoms with Crippen molar-refractivity contribution in [2.45, 2.75) is 0 Å². The predicted octanol–water partition coefficient (Wildman–Crippen LogP) is -0.520. The zero-order valence-corrected chi connectivity index (χ0v) is 9.78. The monoisotopic (exact) mass is 296 g/mol. The number of hydrogen-bond acceptors (Lipinski definition) is 4. The van der Waals surface area contributed by atoms with Crippen LogP contribution in [0.2, 0.25) is 0 Å². The molecule has 0 aromatic rings. The number of hydrogen-bond donors (Lipinski definition) is 1. The van der Waals surface area contributed by atoms with E-state index in [1.165, 1.54) is 0 Å². The van der Waals surface area contributed by atoms with Gasteiger partial charge in [-0.05, 0) is 0 Å². The van der Waals surface area contributed by atoms with Crippen LogP contribution in [0.25, 0.3) is 0 Å². The summed E-state index contributed by atoms with van der Waals surface area (Å²) in [7, 11) is -1.93. The molecule has 1 rings (SSSR count). The van der Waals surface area contributed by atoms with Gasteiger partial charge >= 0.3 is 29.6 Å². The fourth-order valence-electron chi connectivity index (χ4n) is 0.967. The van der Waals surface area contributed by atoms with Gasteiger partial charge in [0, 0.05) is 26.0 Å². The maximum atomic E-state index is 10.4. The molecule has 0 aromatic carbocycles. The van der Waals surface area contributed by atoms with Gasteiger partial charge in [-0.3, -0.25) is 4.55 Å². The molecule has 1 N–H and O–H groups in total. The second kappa shape index (κ2) is 7.08. The fourth-order valence-corrected chi connectivity index (χ4v) is 1.43. The average molecular weight is 297 g/mol. The van der Waals surface area contributed by atoms with Crippen molar-refractivity contribution in [1.29, 1.82) is 0 Å². The van der Waals surface area contributed by atoms with Crippen LogP contribution in [-0.4, -0.2) is 78.3 Å². The third-order valence-electron chi connectivity index (χ3n) is 1.57. The Bertz CT molecular complexity index is 283. The van der Waals surface area contributed by atoms with Gasteiger partial charge in [0.2, 0.25) is 0 Å². The summed E-state index contributed by atoms with van der Waals surface area (Å²) in [5.74, 6) is -0.217. The van der Waals surface area contributed by atoms with E-state index in [0.717, 1.165) is 0 Å². The van der Waals surface area contributed by atoms with Crippen molar-refractivity contribution >= 4 is 56.7 Å². The van der Waals surface area contributed by atoms with Crippen molar-refractivity contribution in [3.63, 3.8) is 0 Å². The van der Waals surface area contributed by atoms with Crippen molar-refractivity contribution in [3.05, 3.63) is 12.4 Å². The molecule has 1 heterocycles. The van der Waals surface area contributed by atoms with E-state index < -0.39 is 10.1 Å². The first-order chi connectivity index (χ1) is 5.47. The molecule has 0 atom stereocenters. The normalized spacial score (nSPS) is 15.0. The SMILES string of the molecule is Br.CN1C=CN(CCS(=O)(=O)O)C1.[NaH]. The standard InChI is InChI=1S/C6H12N2O3S.BrH.Na.H/c1-7-2-3-8(6-7)4-5-12(9,10)11;;;/h2-3H,4-6H2,1H3,(H,9,10,11);1H;;. The topological polar surface area (TPSA) is 60.9 Å². The summed E-state index contributed by atoms with van der Waals surface area (Å²) in [6.45, 7) is 1.01. The molecule has 0 unspecified atom stereocenters. The Balaban J connectivity index is 0. The molecule has 0 saturated heterocycles. The summed E-state index contributed by atoms with van der Waals surface area (Å²) < 4.78 is 29.2. The first-order valence-corrected chi connectivity index (χ1v) is 5.16. The summed E-state index contributed by atoms with van der Waals surface area (Å²) in [6.07, 6.45) is 3.65. The van der Waals surface area contributed by atoms with Crippen molar-refractivity contribution in [3.8, 4) is 0 Å². The van der Waals surface area contributed by atoms with Crippen LogP contribution in [0, 0.1) is 0 Å². The molecule has 5 nitrogen and oxygen atoms in total. The molecule has 0 fully saturated rings. The van der Waals surface area contributed by atoms with Gasteiger partial charge in [0.05, 0.1) is 12.4 Å². The van der Waals surface area contributed by atoms with Gasteiger partial charge in [-0.25, -0.2) is 0 Å². The van der Waals surface area contributed by atoms with Crippen LogP contribution in [0.15, 0.2) is 12.4 Å². The Kier molecular flexibility index (Phi) is 8.66. The fraction of sp³-hybridized carbons (Fsp3) is 0.667. The summed E-state index contributed by atoms with van der Waals surface area (Å²) >= 11 is 0. The van der Waals surface area contributed by atoms with Crippen LogP contribution < -0.4 is 0 Å². The van der Waals surface area contributed by atoms with E-state index in [1.807, 2.05) is 23.0 Å². The van der Waals surface area contributed by atoms with Gasteiger partial charge in [-0.15, -0.1) is 17.0 Å². The zero-order chi connectivity index (χ0) is 9.19. The molecule has 0 bridgehead atoms. The summed E-state index contributed by atoms with van der Waals surface area (Å²) in [5, 5.41) is 0. The van der Waals surface area contributed by atoms with Crippen LogP contribution >= 0.6 is 17.0 Å². The number of halogens is 1. The third-order valence-corrected chi connectivity index (χ3v) is 2.27. The molecular weight excluding hydrogens is 283 g/mol. The molecule has 0 saturated carbocycles. The van der Waals surface area contributed by atoms with E-state index >= 15 is 0 Å². The van der Waals surface area contributed by atoms with Crippen molar-refractivity contribution < 1.29 is 13.0 Å². The quantitative estimate of drug-likeness (QED) is 0.561. The second-order valence-electron chi connectivity index (χ2n) is 2.79. The van der Waals surface area contributed by atoms with Crippen molar-refractivity contribution in [2.75, 3.05) is 26.0 Å². The van der Waals surface area contributed by atoms with Crippen LogP contribution in [0.1, 0.15) is 0 Å². The molecule has 8 heteroatoms. The zero-order valence-electron chi connectivity index (χ0n) is 7.25. The molecule has 1 aliphatic heterocycles. The molecule has 0 amide bonds. The summed E-state index contributed by atoms with van der Waals surface area (Å²) in [5.41, 5.74) is 0. The molecule has 0 radical (unpaired) electrons. The van der Waals surface area contributed by atoms with Crippen molar-refractivity contribution in [2.24, 2.45) is 0 Å². The van der Waals surface area contributed by atoms with E-state index in [0.29, 0.717) is 13.2 Å². The first-order valence-electron chi connectivity index (χ1n) is 3.55. The maximum absolute atomic E-state index is 10.4. The molecule has 14 heavy (non-hydrogen) atoms. The molecular formula is C6H14BrN2NaO3S. The predicted molar refractivity (Wildman–Crippen MR) is 62.4 cm³/mol. The molecule has 0 aromatic heterocycles. The Morgan fingerprint density at radius 3 is 2.36 bits per heavy atom. The first kappa shape index (κ1) is 17.1. The van der Waals surface area contributed by atoms with E-state index in [2.05, 4.69) is 0 Å². The van der Waals surface area contributed by atoms with Crippen LogP contribution in [0.4, 0.5) is 0 Å². The molecule has 1 aliphatic rings. The second-order valence-corrected chi connectivity index (χ2v) is 4.37. The van der Waals surface area contributed by atoms with Gasteiger partial charge < -0.3 is 9.80 Å². The van der Waals surface area contributed by atoms with Gasteiger partial charge in [-0.2, -0.15) is 8.42 Å². The van der Waals surface area contributed by atoms with Gasteiger partial charge in [0.25, 0.3) is 10.1 Å². The molecule has 0 spiro atoms. The Morgan fingerprint density at radius 2 is 2.00 bits per heavy atom. The van der Waals surface area contributed by atoms with Gasteiger partial charge in [-0.1, -0.05) is 0 Å². The molecule has 80 valence electrons. The Hall–Kier alpha value is 0.730. The van der Waals surface area contributed by atoms with Crippen LogP contribution in [0.3, 0.4) is 0 Å². The van der Waals surface area contributed by atoms with E-state index in [9.17, 15) is 8.42 Å². The van der Waals surface area contributed by atoms with Crippen molar-refractivity contribution in [1.82, 2.24) is 9.80 Å². The Morgan fingerprint density at radius 1 is 1.43 bits per heavy atom. The number of rotatable bonds is 3. The minimum absolute atomic E-state index is 0. The van der Waals surface area contributed by atoms with Crippen LogP contribution in [0.5, 0.6) is 0 Å². The average Bonchev–Trinajstić information content (AvgIpc) is 2.30.